The van der Waals surface area contributed by atoms with Crippen LogP contribution in [0.15, 0.2) is 4.52 Å². The summed E-state index contributed by atoms with van der Waals surface area (Å²) in [4.78, 5) is 4.35. The van der Waals surface area contributed by atoms with Crippen LogP contribution >= 0.6 is 11.6 Å². The summed E-state index contributed by atoms with van der Waals surface area (Å²) in [7, 11) is 0. The molecule has 4 fully saturated rings. The molecule has 0 radical (unpaired) electrons. The van der Waals surface area contributed by atoms with E-state index in [-0.39, 0.29) is 10.8 Å². The fraction of sp³-hybridized carbons (Fsp3) is 0.857. The summed E-state index contributed by atoms with van der Waals surface area (Å²) in [6.45, 7) is 4.90. The van der Waals surface area contributed by atoms with Gasteiger partial charge in [0.1, 0.15) is 0 Å². The summed E-state index contributed by atoms with van der Waals surface area (Å²) < 4.78 is 5.02. The molecule has 4 aliphatic carbocycles. The minimum atomic E-state index is 0.138. The van der Waals surface area contributed by atoms with Crippen LogP contribution in [0, 0.1) is 16.7 Å². The normalized spacial score (nSPS) is 49.8. The van der Waals surface area contributed by atoms with Gasteiger partial charge in [0.05, 0.1) is 0 Å². The van der Waals surface area contributed by atoms with E-state index in [9.17, 15) is 0 Å². The molecule has 1 aromatic rings. The summed E-state index contributed by atoms with van der Waals surface area (Å²) in [5, 5.41) is 4.34. The Kier molecular flexibility index (Phi) is 1.95. The molecule has 5 rings (SSSR count). The van der Waals surface area contributed by atoms with Gasteiger partial charge in [0.2, 0.25) is 0 Å². The number of nitrogens with zero attached hydrogens (tertiary/aromatic N) is 2. The Balaban J connectivity index is 1.82. The summed E-state index contributed by atoms with van der Waals surface area (Å²) in [6, 6.07) is 0. The summed E-state index contributed by atoms with van der Waals surface area (Å²) in [5.74, 6) is 1.71. The van der Waals surface area contributed by atoms with E-state index in [1.165, 1.54) is 38.5 Å². The molecule has 4 aliphatic rings. The second-order valence-corrected chi connectivity index (χ2v) is 8.10. The summed E-state index contributed by atoms with van der Waals surface area (Å²) >= 11 is 5.83. The Bertz CT molecular complexity index is 494. The summed E-state index contributed by atoms with van der Waals surface area (Å²) in [5.41, 5.74) is 1.09. The highest BCUT2D eigenvalue weighted by Gasteiger charge is 2.62. The maximum Gasteiger partial charge on any atom is 0.320 e. The zero-order chi connectivity index (χ0) is 12.6. The predicted octanol–water partition coefficient (Wildman–Crippen LogP) is 3.97. The zero-order valence-electron chi connectivity index (χ0n) is 11.0. The van der Waals surface area contributed by atoms with E-state index in [4.69, 9.17) is 16.1 Å². The Morgan fingerprint density at radius 1 is 1.11 bits per heavy atom. The van der Waals surface area contributed by atoms with Crippen LogP contribution in [0.1, 0.15) is 58.2 Å². The number of halogens is 1. The molecular weight excluding hydrogens is 248 g/mol. The monoisotopic (exact) mass is 266 g/mol. The van der Waals surface area contributed by atoms with Gasteiger partial charge in [0.15, 0.2) is 5.82 Å². The third kappa shape index (κ3) is 1.43. The van der Waals surface area contributed by atoms with Crippen LogP contribution in [-0.4, -0.2) is 10.1 Å². The van der Waals surface area contributed by atoms with Crippen molar-refractivity contribution in [3.63, 3.8) is 0 Å². The third-order valence-corrected chi connectivity index (χ3v) is 5.66. The van der Waals surface area contributed by atoms with Crippen molar-refractivity contribution in [2.45, 2.75) is 57.8 Å². The standard InChI is InChI=1S/C14H19ClN2O/c1-12-3-9-4-13(2,6-12)8-14(5-9,7-12)10-16-11(15)18-17-10/h9H,3-8H2,1-2H3. The number of rotatable bonds is 1. The first kappa shape index (κ1) is 11.3. The smallest absolute Gasteiger partial charge is 0.320 e. The lowest BCUT2D eigenvalue weighted by molar-refractivity contribution is -0.113. The molecule has 4 bridgehead atoms. The first-order valence-electron chi connectivity index (χ1n) is 6.90. The van der Waals surface area contributed by atoms with E-state index >= 15 is 0 Å². The maximum absolute atomic E-state index is 5.83. The van der Waals surface area contributed by atoms with Crippen LogP contribution in [0.5, 0.6) is 0 Å². The van der Waals surface area contributed by atoms with Gasteiger partial charge >= 0.3 is 5.35 Å². The average Bonchev–Trinajstić information content (AvgIpc) is 2.59. The first-order chi connectivity index (χ1) is 8.41. The molecule has 1 heterocycles. The Labute approximate surface area is 112 Å². The molecule has 0 spiro atoms. The fourth-order valence-electron chi connectivity index (χ4n) is 6.12. The van der Waals surface area contributed by atoms with Gasteiger partial charge in [-0.05, 0) is 66.9 Å². The van der Waals surface area contributed by atoms with E-state index in [0.717, 1.165) is 11.7 Å². The van der Waals surface area contributed by atoms with Crippen molar-refractivity contribution in [2.24, 2.45) is 16.7 Å². The summed E-state index contributed by atoms with van der Waals surface area (Å²) in [6.07, 6.45) is 7.79. The average molecular weight is 267 g/mol. The van der Waals surface area contributed by atoms with Gasteiger partial charge in [-0.2, -0.15) is 4.98 Å². The highest BCUT2D eigenvalue weighted by molar-refractivity contribution is 6.27. The third-order valence-electron chi connectivity index (χ3n) is 5.50. The van der Waals surface area contributed by atoms with E-state index < -0.39 is 0 Å². The SMILES string of the molecule is CC12CC3CC(C)(C1)CC(c1noc(Cl)n1)(C3)C2. The first-order valence-corrected chi connectivity index (χ1v) is 7.28. The quantitative estimate of drug-likeness (QED) is 0.772. The van der Waals surface area contributed by atoms with Crippen molar-refractivity contribution in [3.05, 3.63) is 11.2 Å². The van der Waals surface area contributed by atoms with Gasteiger partial charge in [-0.25, -0.2) is 0 Å². The van der Waals surface area contributed by atoms with Crippen molar-refractivity contribution in [1.29, 1.82) is 0 Å². The van der Waals surface area contributed by atoms with E-state index in [0.29, 0.717) is 10.8 Å². The highest BCUT2D eigenvalue weighted by atomic mass is 35.5. The Morgan fingerprint density at radius 3 is 2.28 bits per heavy atom. The molecular formula is C14H19ClN2O. The predicted molar refractivity (Wildman–Crippen MR) is 68.4 cm³/mol. The van der Waals surface area contributed by atoms with Crippen LogP contribution in [0.25, 0.3) is 0 Å². The zero-order valence-corrected chi connectivity index (χ0v) is 11.8. The number of hydrogen-bond donors (Lipinski definition) is 0. The van der Waals surface area contributed by atoms with Gasteiger partial charge in [0.25, 0.3) is 0 Å². The molecule has 4 heteroatoms. The fourth-order valence-corrected chi connectivity index (χ4v) is 6.23. The molecule has 0 aliphatic heterocycles. The molecule has 2 atom stereocenters. The van der Waals surface area contributed by atoms with Gasteiger partial charge < -0.3 is 4.52 Å². The lowest BCUT2D eigenvalue weighted by atomic mass is 9.40. The molecule has 3 nitrogen and oxygen atoms in total. The van der Waals surface area contributed by atoms with Crippen LogP contribution < -0.4 is 0 Å². The van der Waals surface area contributed by atoms with Gasteiger partial charge in [0, 0.05) is 5.41 Å². The molecule has 4 saturated carbocycles. The molecule has 1 aromatic heterocycles. The molecule has 18 heavy (non-hydrogen) atoms. The van der Waals surface area contributed by atoms with Crippen molar-refractivity contribution in [1.82, 2.24) is 10.1 Å². The minimum Gasteiger partial charge on any atom is -0.321 e. The van der Waals surface area contributed by atoms with E-state index in [1.807, 2.05) is 0 Å². The van der Waals surface area contributed by atoms with Crippen molar-refractivity contribution >= 4 is 11.6 Å². The van der Waals surface area contributed by atoms with Crippen LogP contribution in [0.4, 0.5) is 0 Å². The number of hydrogen-bond acceptors (Lipinski definition) is 3. The van der Waals surface area contributed by atoms with Crippen molar-refractivity contribution in [2.75, 3.05) is 0 Å². The van der Waals surface area contributed by atoms with E-state index in [1.54, 1.807) is 0 Å². The molecule has 2 unspecified atom stereocenters. The Morgan fingerprint density at radius 2 is 1.78 bits per heavy atom. The second kappa shape index (κ2) is 3.12. The topological polar surface area (TPSA) is 38.9 Å². The van der Waals surface area contributed by atoms with Crippen LogP contribution in [-0.2, 0) is 5.41 Å². The largest absolute Gasteiger partial charge is 0.321 e. The second-order valence-electron chi connectivity index (χ2n) is 7.78. The number of aromatic nitrogens is 2. The molecule has 0 amide bonds. The van der Waals surface area contributed by atoms with Crippen molar-refractivity contribution in [3.8, 4) is 0 Å². The van der Waals surface area contributed by atoms with Gasteiger partial charge in [-0.3, -0.25) is 0 Å². The maximum atomic E-state index is 5.83. The molecule has 98 valence electrons. The van der Waals surface area contributed by atoms with Crippen molar-refractivity contribution < 1.29 is 4.52 Å². The lowest BCUT2D eigenvalue weighted by Crippen LogP contribution is -2.57. The Hall–Kier alpha value is -0.570. The molecule has 0 N–H and O–H groups in total. The van der Waals surface area contributed by atoms with Gasteiger partial charge in [-0.1, -0.05) is 19.0 Å². The molecule has 0 saturated heterocycles. The molecule has 0 aromatic carbocycles. The van der Waals surface area contributed by atoms with E-state index in [2.05, 4.69) is 24.0 Å². The lowest BCUT2D eigenvalue weighted by Gasteiger charge is -2.64. The van der Waals surface area contributed by atoms with Gasteiger partial charge in [-0.15, -0.1) is 0 Å². The van der Waals surface area contributed by atoms with Crippen LogP contribution in [0.3, 0.4) is 0 Å². The van der Waals surface area contributed by atoms with Crippen LogP contribution in [0.2, 0.25) is 5.35 Å². The highest BCUT2D eigenvalue weighted by Crippen LogP contribution is 2.69. The minimum absolute atomic E-state index is 0.138.